The average Bonchev–Trinajstić information content (AvgIpc) is 2.88. The van der Waals surface area contributed by atoms with Gasteiger partial charge in [0.1, 0.15) is 0 Å². The van der Waals surface area contributed by atoms with E-state index in [2.05, 4.69) is 10.3 Å². The van der Waals surface area contributed by atoms with Gasteiger partial charge in [-0.1, -0.05) is 18.3 Å². The number of nitro groups is 1. The maximum absolute atomic E-state index is 11.0. The van der Waals surface area contributed by atoms with Crippen LogP contribution in [0.15, 0.2) is 28.4 Å². The Morgan fingerprint density at radius 2 is 2.29 bits per heavy atom. The summed E-state index contributed by atoms with van der Waals surface area (Å²) in [7, 11) is 0. The van der Waals surface area contributed by atoms with Gasteiger partial charge < -0.3 is 15.0 Å². The second kappa shape index (κ2) is 6.89. The lowest BCUT2D eigenvalue weighted by molar-refractivity contribution is -0.385. The highest BCUT2D eigenvalue weighted by atomic mass is 32.1. The first-order valence-corrected chi connectivity index (χ1v) is 7.30. The number of hydrogen-bond donors (Lipinski definition) is 2. The van der Waals surface area contributed by atoms with Gasteiger partial charge in [-0.15, -0.1) is 0 Å². The van der Waals surface area contributed by atoms with Crippen LogP contribution < -0.4 is 14.9 Å². The first kappa shape index (κ1) is 15.0. The third kappa shape index (κ3) is 4.06. The molecule has 112 valence electrons. The lowest BCUT2D eigenvalue weighted by Gasteiger charge is -2.09. The number of benzene rings is 1. The van der Waals surface area contributed by atoms with Crippen molar-refractivity contribution < 1.29 is 9.66 Å². The number of H-pyrrole nitrogens is 1. The predicted molar refractivity (Wildman–Crippen MR) is 81.1 cm³/mol. The molecule has 0 fully saturated rings. The Labute approximate surface area is 124 Å². The molecule has 0 bridgehead atoms. The molecule has 2 aromatic rings. The average molecular weight is 309 g/mol. The summed E-state index contributed by atoms with van der Waals surface area (Å²) in [5.74, 6) is 0.241. The third-order valence-electron chi connectivity index (χ3n) is 2.67. The minimum absolute atomic E-state index is 0.0575. The molecule has 1 aromatic heterocycles. The van der Waals surface area contributed by atoms with Crippen LogP contribution in [0, 0.1) is 10.1 Å². The zero-order chi connectivity index (χ0) is 15.2. The highest BCUT2D eigenvalue weighted by Crippen LogP contribution is 2.30. The number of ether oxygens (including phenoxy) is 1. The molecule has 1 aromatic carbocycles. The number of nitro benzene ring substituents is 1. The molecule has 0 spiro atoms. The number of aromatic amines is 1. The van der Waals surface area contributed by atoms with E-state index in [0.29, 0.717) is 18.8 Å². The lowest BCUT2D eigenvalue weighted by Crippen LogP contribution is -2.04. The van der Waals surface area contributed by atoms with Crippen LogP contribution in [0.2, 0.25) is 0 Å². The van der Waals surface area contributed by atoms with E-state index in [-0.39, 0.29) is 16.3 Å². The molecule has 0 saturated carbocycles. The van der Waals surface area contributed by atoms with E-state index in [1.807, 2.05) is 6.92 Å². The molecular formula is C13H15N3O4S. The van der Waals surface area contributed by atoms with E-state index in [1.54, 1.807) is 17.5 Å². The molecule has 7 nitrogen and oxygen atoms in total. The molecule has 0 saturated heterocycles. The standard InChI is InChI=1S/C13H15N3O4S/c1-2-5-20-12-6-9(3-4-11(12)16(18)19)14-7-10-8-21-13(17)15-10/h3-4,6,8,14H,2,5,7H2,1H3,(H,15,17). The largest absolute Gasteiger partial charge is 0.487 e. The number of nitrogens with zero attached hydrogens (tertiary/aromatic N) is 1. The molecule has 0 atom stereocenters. The van der Waals surface area contributed by atoms with E-state index in [1.165, 1.54) is 6.07 Å². The van der Waals surface area contributed by atoms with Gasteiger partial charge in [-0.25, -0.2) is 0 Å². The van der Waals surface area contributed by atoms with Crippen LogP contribution in [0.4, 0.5) is 11.4 Å². The van der Waals surface area contributed by atoms with Crippen molar-refractivity contribution in [2.75, 3.05) is 11.9 Å². The summed E-state index contributed by atoms with van der Waals surface area (Å²) >= 11 is 1.10. The minimum atomic E-state index is -0.467. The Morgan fingerprint density at radius 3 is 2.90 bits per heavy atom. The quantitative estimate of drug-likeness (QED) is 0.605. The van der Waals surface area contributed by atoms with Crippen LogP contribution in [0.5, 0.6) is 5.75 Å². The van der Waals surface area contributed by atoms with Gasteiger partial charge in [0, 0.05) is 28.9 Å². The van der Waals surface area contributed by atoms with Gasteiger partial charge >= 0.3 is 10.6 Å². The summed E-state index contributed by atoms with van der Waals surface area (Å²) in [6, 6.07) is 4.61. The lowest BCUT2D eigenvalue weighted by atomic mass is 10.2. The zero-order valence-electron chi connectivity index (χ0n) is 11.4. The Hall–Kier alpha value is -2.35. The fraction of sp³-hybridized carbons (Fsp3) is 0.308. The van der Waals surface area contributed by atoms with Gasteiger partial charge in [0.15, 0.2) is 5.75 Å². The number of rotatable bonds is 7. The van der Waals surface area contributed by atoms with Gasteiger partial charge in [0.2, 0.25) is 0 Å². The molecule has 0 unspecified atom stereocenters. The van der Waals surface area contributed by atoms with Crippen LogP contribution >= 0.6 is 11.3 Å². The zero-order valence-corrected chi connectivity index (χ0v) is 12.2. The molecule has 0 amide bonds. The van der Waals surface area contributed by atoms with Crippen molar-refractivity contribution in [2.45, 2.75) is 19.9 Å². The Bertz CT molecular complexity index is 680. The van der Waals surface area contributed by atoms with Crippen molar-refractivity contribution in [2.24, 2.45) is 0 Å². The molecule has 8 heteroatoms. The number of anilines is 1. The Morgan fingerprint density at radius 1 is 1.48 bits per heavy atom. The first-order chi connectivity index (χ1) is 10.1. The molecule has 0 aliphatic heterocycles. The van der Waals surface area contributed by atoms with E-state index in [9.17, 15) is 14.9 Å². The summed E-state index contributed by atoms with van der Waals surface area (Å²) in [5.41, 5.74) is 1.40. The van der Waals surface area contributed by atoms with Gasteiger partial charge in [0.05, 0.1) is 18.1 Å². The molecule has 1 heterocycles. The Kier molecular flexibility index (Phi) is 4.94. The van der Waals surface area contributed by atoms with Gasteiger partial charge in [-0.3, -0.25) is 14.9 Å². The van der Waals surface area contributed by atoms with Gasteiger partial charge in [-0.2, -0.15) is 0 Å². The minimum Gasteiger partial charge on any atom is -0.487 e. The number of aromatic nitrogens is 1. The highest BCUT2D eigenvalue weighted by molar-refractivity contribution is 7.07. The number of thiazole rings is 1. The number of nitrogens with one attached hydrogen (secondary N) is 2. The summed E-state index contributed by atoms with van der Waals surface area (Å²) in [6.07, 6.45) is 0.769. The van der Waals surface area contributed by atoms with Crippen LogP contribution in [-0.4, -0.2) is 16.5 Å². The van der Waals surface area contributed by atoms with Gasteiger partial charge in [0.25, 0.3) is 0 Å². The van der Waals surface area contributed by atoms with E-state index in [4.69, 9.17) is 4.74 Å². The van der Waals surface area contributed by atoms with E-state index in [0.717, 1.165) is 23.5 Å². The second-order valence-electron chi connectivity index (χ2n) is 4.32. The van der Waals surface area contributed by atoms with Gasteiger partial charge in [-0.05, 0) is 12.5 Å². The topological polar surface area (TPSA) is 97.3 Å². The van der Waals surface area contributed by atoms with Crippen molar-refractivity contribution >= 4 is 22.7 Å². The fourth-order valence-corrected chi connectivity index (χ4v) is 2.28. The van der Waals surface area contributed by atoms with E-state index < -0.39 is 4.92 Å². The predicted octanol–water partition coefficient (Wildman–Crippen LogP) is 2.75. The van der Waals surface area contributed by atoms with Crippen LogP contribution in [0.3, 0.4) is 0 Å². The summed E-state index contributed by atoms with van der Waals surface area (Å²) in [5, 5.41) is 15.8. The normalized spacial score (nSPS) is 10.3. The smallest absolute Gasteiger partial charge is 0.311 e. The van der Waals surface area contributed by atoms with Crippen molar-refractivity contribution in [3.63, 3.8) is 0 Å². The first-order valence-electron chi connectivity index (χ1n) is 6.42. The van der Waals surface area contributed by atoms with E-state index >= 15 is 0 Å². The highest BCUT2D eigenvalue weighted by Gasteiger charge is 2.15. The Balaban J connectivity index is 2.12. The molecule has 21 heavy (non-hydrogen) atoms. The molecule has 0 radical (unpaired) electrons. The van der Waals surface area contributed by atoms with Crippen molar-refractivity contribution in [3.8, 4) is 5.75 Å². The maximum atomic E-state index is 11.0. The van der Waals surface area contributed by atoms with Crippen molar-refractivity contribution in [3.05, 3.63) is 49.1 Å². The SMILES string of the molecule is CCCOc1cc(NCc2csc(=O)[nH]2)ccc1[N+](=O)[O-]. The monoisotopic (exact) mass is 309 g/mol. The van der Waals surface area contributed by atoms with Crippen LogP contribution in [0.25, 0.3) is 0 Å². The van der Waals surface area contributed by atoms with Crippen LogP contribution in [0.1, 0.15) is 19.0 Å². The molecule has 0 aliphatic carbocycles. The summed E-state index contributed by atoms with van der Waals surface area (Å²) in [6.45, 7) is 2.78. The molecule has 0 aliphatic rings. The van der Waals surface area contributed by atoms with Crippen LogP contribution in [-0.2, 0) is 6.54 Å². The third-order valence-corrected chi connectivity index (χ3v) is 3.39. The number of hydrogen-bond acceptors (Lipinski definition) is 6. The second-order valence-corrected chi connectivity index (χ2v) is 5.16. The maximum Gasteiger partial charge on any atom is 0.311 e. The molecule has 2 rings (SSSR count). The van der Waals surface area contributed by atoms with Crippen molar-refractivity contribution in [1.82, 2.24) is 4.98 Å². The molecule has 2 N–H and O–H groups in total. The summed E-state index contributed by atoms with van der Waals surface area (Å²) < 4.78 is 5.41. The summed E-state index contributed by atoms with van der Waals surface area (Å²) in [4.78, 5) is 24.1. The fourth-order valence-electron chi connectivity index (χ4n) is 1.70. The molecular weight excluding hydrogens is 294 g/mol. The van der Waals surface area contributed by atoms with Crippen molar-refractivity contribution in [1.29, 1.82) is 0 Å².